The van der Waals surface area contributed by atoms with Crippen LogP contribution in [0.5, 0.6) is 0 Å². The Morgan fingerprint density at radius 3 is 1.97 bits per heavy atom. The first-order chi connectivity index (χ1) is 17.1. The first-order valence-electron chi connectivity index (χ1n) is 12.5. The molecule has 0 radical (unpaired) electrons. The van der Waals surface area contributed by atoms with E-state index in [1.807, 2.05) is 98.0 Å². The largest absolute Gasteiger partial charge is 0.401 e. The topological polar surface area (TPSA) is 26.2 Å². The average Bonchev–Trinajstić information content (AvgIpc) is 3.26. The molecule has 6 heteroatoms. The summed E-state index contributed by atoms with van der Waals surface area (Å²) in [6.07, 6.45) is 2.01. The quantitative estimate of drug-likeness (QED) is 0.274. The van der Waals surface area contributed by atoms with Gasteiger partial charge in [-0.3, -0.25) is 0 Å². The van der Waals surface area contributed by atoms with Crippen molar-refractivity contribution in [1.29, 1.82) is 0 Å². The van der Waals surface area contributed by atoms with Crippen molar-refractivity contribution in [3.05, 3.63) is 97.2 Å². The van der Waals surface area contributed by atoms with Gasteiger partial charge in [-0.1, -0.05) is 99.6 Å². The fourth-order valence-electron chi connectivity index (χ4n) is 5.01. The fraction of sp³-hybridized carbons (Fsp3) is 0.333. The lowest BCUT2D eigenvalue weighted by atomic mass is 10.2. The van der Waals surface area contributed by atoms with Crippen LogP contribution in [0.2, 0.25) is 5.04 Å². The van der Waals surface area contributed by atoms with Crippen LogP contribution in [0.3, 0.4) is 0 Å². The Balaban J connectivity index is 1.49. The molecule has 4 aromatic rings. The van der Waals surface area contributed by atoms with Gasteiger partial charge in [-0.25, -0.2) is 8.78 Å². The highest BCUT2D eigenvalue weighted by molar-refractivity contribution is 6.99. The summed E-state index contributed by atoms with van der Waals surface area (Å²) in [6.45, 7) is 7.77. The molecule has 0 saturated carbocycles. The molecule has 1 unspecified atom stereocenters. The first-order valence-corrected chi connectivity index (χ1v) is 14.4. The Hall–Kier alpha value is -2.80. The highest BCUT2D eigenvalue weighted by Gasteiger charge is 2.51. The van der Waals surface area contributed by atoms with E-state index in [9.17, 15) is 0 Å². The summed E-state index contributed by atoms with van der Waals surface area (Å²) in [6, 6.07) is 29.8. The third-order valence-corrected chi connectivity index (χ3v) is 11.8. The number of nitrogens with one attached hydrogen (secondary N) is 1. The van der Waals surface area contributed by atoms with Crippen molar-refractivity contribution in [3.63, 3.8) is 0 Å². The number of para-hydroxylation sites is 1. The van der Waals surface area contributed by atoms with E-state index in [1.54, 1.807) is 0 Å². The smallest absolute Gasteiger partial charge is 0.281 e. The molecule has 0 aliphatic rings. The van der Waals surface area contributed by atoms with Crippen molar-refractivity contribution in [2.45, 2.75) is 51.2 Å². The van der Waals surface area contributed by atoms with Crippen molar-refractivity contribution in [2.75, 3.05) is 13.2 Å². The number of fused-ring (bicyclic) bond motifs is 1. The molecule has 0 spiro atoms. The van der Waals surface area contributed by atoms with Gasteiger partial charge in [-0.15, -0.1) is 0 Å². The summed E-state index contributed by atoms with van der Waals surface area (Å²) < 4.78 is 39.2. The van der Waals surface area contributed by atoms with E-state index >= 15 is 8.78 Å². The standard InChI is InChI=1S/C30H36F2N2OSi/c1-24(21-34-20-19-25-13-11-12-18-28(25)34)33-22-30(31,32)23-35-36(29(2,3)4,26-14-7-5-8-15-26)27-16-9-6-10-17-27/h5-20,24,33H,21-23H2,1-4H3. The van der Waals surface area contributed by atoms with Crippen LogP contribution in [-0.4, -0.2) is 38.0 Å². The lowest BCUT2D eigenvalue weighted by Gasteiger charge is -2.43. The van der Waals surface area contributed by atoms with Gasteiger partial charge in [0, 0.05) is 24.3 Å². The minimum Gasteiger partial charge on any atom is -0.401 e. The van der Waals surface area contributed by atoms with E-state index in [0.29, 0.717) is 6.54 Å². The van der Waals surface area contributed by atoms with Gasteiger partial charge in [-0.2, -0.15) is 0 Å². The maximum Gasteiger partial charge on any atom is 0.281 e. The molecule has 0 amide bonds. The second-order valence-electron chi connectivity index (χ2n) is 10.6. The zero-order valence-corrected chi connectivity index (χ0v) is 22.5. The Labute approximate surface area is 214 Å². The molecule has 1 atom stereocenters. The lowest BCUT2D eigenvalue weighted by Crippen LogP contribution is -2.67. The summed E-state index contributed by atoms with van der Waals surface area (Å²) in [5.41, 5.74) is 1.10. The van der Waals surface area contributed by atoms with Crippen LogP contribution >= 0.6 is 0 Å². The molecule has 0 saturated heterocycles. The highest BCUT2D eigenvalue weighted by Crippen LogP contribution is 2.37. The number of benzene rings is 3. The molecule has 0 bridgehead atoms. The molecule has 1 heterocycles. The fourth-order valence-corrected chi connectivity index (χ4v) is 9.59. The monoisotopic (exact) mass is 506 g/mol. The van der Waals surface area contributed by atoms with Crippen molar-refractivity contribution in [2.24, 2.45) is 0 Å². The van der Waals surface area contributed by atoms with Gasteiger partial charge in [0.2, 0.25) is 0 Å². The molecular weight excluding hydrogens is 470 g/mol. The van der Waals surface area contributed by atoms with E-state index in [2.05, 4.69) is 36.7 Å². The molecule has 36 heavy (non-hydrogen) atoms. The first kappa shape index (κ1) is 26.3. The maximum atomic E-state index is 15.3. The van der Waals surface area contributed by atoms with E-state index in [1.165, 1.54) is 0 Å². The minimum absolute atomic E-state index is 0.125. The molecule has 3 nitrogen and oxygen atoms in total. The van der Waals surface area contributed by atoms with Gasteiger partial charge in [0.15, 0.2) is 0 Å². The van der Waals surface area contributed by atoms with Crippen LogP contribution in [-0.2, 0) is 11.0 Å². The molecule has 4 rings (SSSR count). The molecule has 1 N–H and O–H groups in total. The predicted molar refractivity (Wildman–Crippen MR) is 148 cm³/mol. The SMILES string of the molecule is CC(Cn1ccc2ccccc21)NCC(F)(F)CO[Si](c1ccccc1)(c1ccccc1)C(C)(C)C. The van der Waals surface area contributed by atoms with Gasteiger partial charge in [0.05, 0.1) is 13.2 Å². The van der Waals surface area contributed by atoms with Crippen LogP contribution < -0.4 is 15.7 Å². The maximum absolute atomic E-state index is 15.3. The Kier molecular flexibility index (Phi) is 7.78. The number of alkyl halides is 2. The number of nitrogens with zero attached hydrogens (tertiary/aromatic N) is 1. The van der Waals surface area contributed by atoms with Crippen molar-refractivity contribution >= 4 is 29.6 Å². The van der Waals surface area contributed by atoms with Gasteiger partial charge < -0.3 is 14.3 Å². The summed E-state index contributed by atoms with van der Waals surface area (Å²) in [5, 5.41) is 5.85. The van der Waals surface area contributed by atoms with E-state index in [0.717, 1.165) is 21.3 Å². The van der Waals surface area contributed by atoms with E-state index in [4.69, 9.17) is 4.43 Å². The summed E-state index contributed by atoms with van der Waals surface area (Å²) in [7, 11) is -3.01. The molecule has 0 fully saturated rings. The van der Waals surface area contributed by atoms with Crippen LogP contribution in [0, 0.1) is 0 Å². The van der Waals surface area contributed by atoms with E-state index < -0.39 is 27.4 Å². The predicted octanol–water partition coefficient (Wildman–Crippen LogP) is 5.83. The molecule has 0 aliphatic carbocycles. The number of hydrogen-bond acceptors (Lipinski definition) is 2. The Morgan fingerprint density at radius 2 is 1.39 bits per heavy atom. The molecule has 1 aromatic heterocycles. The second kappa shape index (κ2) is 10.7. The Morgan fingerprint density at radius 1 is 0.833 bits per heavy atom. The summed E-state index contributed by atoms with van der Waals surface area (Å²) in [4.78, 5) is 0. The molecule has 0 aliphatic heterocycles. The van der Waals surface area contributed by atoms with Crippen molar-refractivity contribution < 1.29 is 13.2 Å². The Bertz CT molecular complexity index is 1210. The summed E-state index contributed by atoms with van der Waals surface area (Å²) in [5.74, 6) is -3.01. The highest BCUT2D eigenvalue weighted by atomic mass is 28.4. The molecular formula is C30H36F2N2OSi. The number of hydrogen-bond donors (Lipinski definition) is 1. The zero-order valence-electron chi connectivity index (χ0n) is 21.5. The minimum atomic E-state index is -3.01. The van der Waals surface area contributed by atoms with Gasteiger partial charge >= 0.3 is 0 Å². The van der Waals surface area contributed by atoms with Crippen LogP contribution in [0.4, 0.5) is 8.78 Å². The zero-order chi connectivity index (χ0) is 25.8. The van der Waals surface area contributed by atoms with Crippen molar-refractivity contribution in [1.82, 2.24) is 9.88 Å². The van der Waals surface area contributed by atoms with Crippen molar-refractivity contribution in [3.8, 4) is 0 Å². The third kappa shape index (κ3) is 5.61. The lowest BCUT2D eigenvalue weighted by molar-refractivity contribution is -0.0436. The normalized spacial score (nSPS) is 13.7. The van der Waals surface area contributed by atoms with Crippen LogP contribution in [0.15, 0.2) is 97.2 Å². The van der Waals surface area contributed by atoms with Crippen LogP contribution in [0.25, 0.3) is 10.9 Å². The molecule has 3 aromatic carbocycles. The number of halogens is 2. The van der Waals surface area contributed by atoms with Crippen LogP contribution in [0.1, 0.15) is 27.7 Å². The number of rotatable bonds is 10. The number of aromatic nitrogens is 1. The van der Waals surface area contributed by atoms with Gasteiger partial charge in [0.25, 0.3) is 14.2 Å². The van der Waals surface area contributed by atoms with Gasteiger partial charge in [0.1, 0.15) is 0 Å². The van der Waals surface area contributed by atoms with E-state index in [-0.39, 0.29) is 11.1 Å². The third-order valence-electron chi connectivity index (χ3n) is 6.78. The molecule has 190 valence electrons. The summed E-state index contributed by atoms with van der Waals surface area (Å²) >= 11 is 0. The second-order valence-corrected chi connectivity index (χ2v) is 14.9. The average molecular weight is 507 g/mol. The van der Waals surface area contributed by atoms with Gasteiger partial charge in [-0.05, 0) is 39.9 Å².